The molecule has 98 valence electrons. The molecule has 1 unspecified atom stereocenters. The Morgan fingerprint density at radius 3 is 2.78 bits per heavy atom. The first-order chi connectivity index (χ1) is 8.66. The van der Waals surface area contributed by atoms with Gasteiger partial charge in [0.2, 0.25) is 0 Å². The van der Waals surface area contributed by atoms with E-state index >= 15 is 0 Å². The van der Waals surface area contributed by atoms with Crippen molar-refractivity contribution in [1.82, 2.24) is 10.6 Å². The lowest BCUT2D eigenvalue weighted by atomic mass is 9.91. The maximum Gasteiger partial charge on any atom is 0.251 e. The molecular formula is C15H22N2O. The molecule has 0 aliphatic carbocycles. The summed E-state index contributed by atoms with van der Waals surface area (Å²) in [5.74, 6) is 0.643. The second-order valence-electron chi connectivity index (χ2n) is 5.22. The second-order valence-corrected chi connectivity index (χ2v) is 5.22. The Hall–Kier alpha value is -1.35. The van der Waals surface area contributed by atoms with Gasteiger partial charge in [0.05, 0.1) is 0 Å². The molecule has 1 atom stereocenters. The first-order valence-electron chi connectivity index (χ1n) is 6.75. The molecule has 0 spiro atoms. The van der Waals surface area contributed by atoms with Gasteiger partial charge in [-0.05, 0) is 57.8 Å². The molecule has 18 heavy (non-hydrogen) atoms. The van der Waals surface area contributed by atoms with Crippen molar-refractivity contribution in [2.45, 2.75) is 32.7 Å². The Morgan fingerprint density at radius 2 is 2.11 bits per heavy atom. The molecule has 0 saturated carbocycles. The van der Waals surface area contributed by atoms with Crippen LogP contribution in [-0.4, -0.2) is 25.0 Å². The van der Waals surface area contributed by atoms with E-state index in [2.05, 4.69) is 17.6 Å². The van der Waals surface area contributed by atoms with E-state index in [4.69, 9.17) is 0 Å². The number of carbonyl (C=O) groups is 1. The van der Waals surface area contributed by atoms with Crippen LogP contribution in [0.3, 0.4) is 0 Å². The number of benzene rings is 1. The maximum atomic E-state index is 12.1. The average molecular weight is 246 g/mol. The van der Waals surface area contributed by atoms with E-state index in [9.17, 15) is 4.79 Å². The van der Waals surface area contributed by atoms with Crippen molar-refractivity contribution in [1.29, 1.82) is 0 Å². The topological polar surface area (TPSA) is 41.1 Å². The Labute approximate surface area is 109 Å². The summed E-state index contributed by atoms with van der Waals surface area (Å²) in [6.45, 7) is 6.25. The molecule has 1 aliphatic rings. The lowest BCUT2D eigenvalue weighted by molar-refractivity contribution is 0.0920. The van der Waals surface area contributed by atoms with Gasteiger partial charge in [0, 0.05) is 11.6 Å². The van der Waals surface area contributed by atoms with Crippen molar-refractivity contribution in [2.24, 2.45) is 5.92 Å². The molecular weight excluding hydrogens is 224 g/mol. The van der Waals surface area contributed by atoms with E-state index in [0.29, 0.717) is 5.92 Å². The SMILES string of the molecule is Cc1cccc(C(=O)NC(C)C2CCNCC2)c1. The predicted molar refractivity (Wildman–Crippen MR) is 73.7 cm³/mol. The van der Waals surface area contributed by atoms with E-state index < -0.39 is 0 Å². The Kier molecular flexibility index (Phi) is 4.37. The fourth-order valence-corrected chi connectivity index (χ4v) is 2.54. The van der Waals surface area contributed by atoms with Gasteiger partial charge in [-0.25, -0.2) is 0 Å². The van der Waals surface area contributed by atoms with Crippen LogP contribution in [0.2, 0.25) is 0 Å². The monoisotopic (exact) mass is 246 g/mol. The summed E-state index contributed by atoms with van der Waals surface area (Å²) in [5.41, 5.74) is 1.88. The third kappa shape index (κ3) is 3.33. The molecule has 1 fully saturated rings. The van der Waals surface area contributed by atoms with E-state index in [-0.39, 0.29) is 11.9 Å². The molecule has 0 bridgehead atoms. The number of rotatable bonds is 3. The minimum atomic E-state index is 0.0460. The van der Waals surface area contributed by atoms with Gasteiger partial charge in [0.15, 0.2) is 0 Å². The number of aryl methyl sites for hydroxylation is 1. The number of carbonyl (C=O) groups excluding carboxylic acids is 1. The highest BCUT2D eigenvalue weighted by Gasteiger charge is 2.21. The standard InChI is InChI=1S/C15H22N2O/c1-11-4-3-5-14(10-11)15(18)17-12(2)13-6-8-16-9-7-13/h3-5,10,12-13,16H,6-9H2,1-2H3,(H,17,18). The van der Waals surface area contributed by atoms with Gasteiger partial charge in [-0.1, -0.05) is 17.7 Å². The van der Waals surface area contributed by atoms with Crippen LogP contribution in [0.25, 0.3) is 0 Å². The zero-order valence-electron chi connectivity index (χ0n) is 11.2. The van der Waals surface area contributed by atoms with E-state index in [1.54, 1.807) is 0 Å². The fourth-order valence-electron chi connectivity index (χ4n) is 2.54. The molecule has 3 heteroatoms. The van der Waals surface area contributed by atoms with E-state index in [0.717, 1.165) is 37.1 Å². The fraction of sp³-hybridized carbons (Fsp3) is 0.533. The van der Waals surface area contributed by atoms with Gasteiger partial charge in [-0.15, -0.1) is 0 Å². The summed E-state index contributed by atoms with van der Waals surface area (Å²) < 4.78 is 0. The highest BCUT2D eigenvalue weighted by Crippen LogP contribution is 2.16. The predicted octanol–water partition coefficient (Wildman–Crippen LogP) is 2.11. The van der Waals surface area contributed by atoms with Crippen molar-refractivity contribution in [3.8, 4) is 0 Å². The number of hydrogen-bond acceptors (Lipinski definition) is 2. The van der Waals surface area contributed by atoms with Crippen LogP contribution in [0.1, 0.15) is 35.7 Å². The van der Waals surface area contributed by atoms with Crippen molar-refractivity contribution in [3.63, 3.8) is 0 Å². The smallest absolute Gasteiger partial charge is 0.251 e. The summed E-state index contributed by atoms with van der Waals surface area (Å²) in [7, 11) is 0. The summed E-state index contributed by atoms with van der Waals surface area (Å²) in [6, 6.07) is 7.99. The molecule has 1 heterocycles. The first kappa shape index (κ1) is 13.1. The lowest BCUT2D eigenvalue weighted by Gasteiger charge is -2.28. The Balaban J connectivity index is 1.94. The number of hydrogen-bond donors (Lipinski definition) is 2. The molecule has 2 N–H and O–H groups in total. The van der Waals surface area contributed by atoms with Crippen LogP contribution in [0.4, 0.5) is 0 Å². The normalized spacial score (nSPS) is 18.3. The number of amides is 1. The van der Waals surface area contributed by atoms with Crippen LogP contribution in [0.15, 0.2) is 24.3 Å². The summed E-state index contributed by atoms with van der Waals surface area (Å²) in [6.07, 6.45) is 2.30. The molecule has 3 nitrogen and oxygen atoms in total. The van der Waals surface area contributed by atoms with Crippen molar-refractivity contribution < 1.29 is 4.79 Å². The minimum Gasteiger partial charge on any atom is -0.349 e. The van der Waals surface area contributed by atoms with Crippen molar-refractivity contribution >= 4 is 5.91 Å². The van der Waals surface area contributed by atoms with Gasteiger partial charge in [0.25, 0.3) is 5.91 Å². The zero-order chi connectivity index (χ0) is 13.0. The van der Waals surface area contributed by atoms with Gasteiger partial charge < -0.3 is 10.6 Å². The van der Waals surface area contributed by atoms with Crippen molar-refractivity contribution in [2.75, 3.05) is 13.1 Å². The van der Waals surface area contributed by atoms with Gasteiger partial charge in [-0.3, -0.25) is 4.79 Å². The number of piperidine rings is 1. The van der Waals surface area contributed by atoms with Crippen LogP contribution >= 0.6 is 0 Å². The molecule has 1 aromatic rings. The molecule has 1 saturated heterocycles. The van der Waals surface area contributed by atoms with Crippen molar-refractivity contribution in [3.05, 3.63) is 35.4 Å². The van der Waals surface area contributed by atoms with Crippen LogP contribution in [-0.2, 0) is 0 Å². The lowest BCUT2D eigenvalue weighted by Crippen LogP contribution is -2.42. The molecule has 0 aromatic heterocycles. The van der Waals surface area contributed by atoms with E-state index in [1.165, 1.54) is 0 Å². The Bertz CT molecular complexity index is 411. The third-order valence-corrected chi connectivity index (χ3v) is 3.73. The zero-order valence-corrected chi connectivity index (χ0v) is 11.2. The highest BCUT2D eigenvalue weighted by atomic mass is 16.1. The van der Waals surface area contributed by atoms with Gasteiger partial charge in [0.1, 0.15) is 0 Å². The van der Waals surface area contributed by atoms with Crippen LogP contribution in [0, 0.1) is 12.8 Å². The van der Waals surface area contributed by atoms with Gasteiger partial charge >= 0.3 is 0 Å². The molecule has 1 aliphatic heterocycles. The average Bonchev–Trinajstić information content (AvgIpc) is 2.39. The minimum absolute atomic E-state index is 0.0460. The van der Waals surface area contributed by atoms with Gasteiger partial charge in [-0.2, -0.15) is 0 Å². The van der Waals surface area contributed by atoms with Crippen LogP contribution in [0.5, 0.6) is 0 Å². The summed E-state index contributed by atoms with van der Waals surface area (Å²) in [4.78, 5) is 12.1. The highest BCUT2D eigenvalue weighted by molar-refractivity contribution is 5.94. The molecule has 1 aromatic carbocycles. The molecule has 1 amide bonds. The van der Waals surface area contributed by atoms with Crippen LogP contribution < -0.4 is 10.6 Å². The molecule has 0 radical (unpaired) electrons. The summed E-state index contributed by atoms with van der Waals surface area (Å²) >= 11 is 0. The second kappa shape index (κ2) is 6.01. The third-order valence-electron chi connectivity index (χ3n) is 3.73. The number of nitrogens with one attached hydrogen (secondary N) is 2. The summed E-state index contributed by atoms with van der Waals surface area (Å²) in [5, 5.41) is 6.48. The first-order valence-corrected chi connectivity index (χ1v) is 6.75. The largest absolute Gasteiger partial charge is 0.349 e. The Morgan fingerprint density at radius 1 is 1.39 bits per heavy atom. The quantitative estimate of drug-likeness (QED) is 0.857. The maximum absolute atomic E-state index is 12.1. The van der Waals surface area contributed by atoms with E-state index in [1.807, 2.05) is 31.2 Å². The molecule has 2 rings (SSSR count).